The number of hydrogen-bond acceptors (Lipinski definition) is 4. The summed E-state index contributed by atoms with van der Waals surface area (Å²) >= 11 is 1.14. The summed E-state index contributed by atoms with van der Waals surface area (Å²) in [7, 11) is 0. The molecule has 2 rings (SSSR count). The van der Waals surface area contributed by atoms with E-state index in [4.69, 9.17) is 0 Å². The molecule has 1 aromatic heterocycles. The number of nitrogens with zero attached hydrogens (tertiary/aromatic N) is 1. The molecule has 1 N–H and O–H groups in total. The van der Waals surface area contributed by atoms with Crippen LogP contribution >= 0.6 is 11.3 Å². The number of nitrogens with one attached hydrogen (secondary N) is 1. The highest BCUT2D eigenvalue weighted by Gasteiger charge is 2.11. The lowest BCUT2D eigenvalue weighted by atomic mass is 10.1. The van der Waals surface area contributed by atoms with E-state index in [-0.39, 0.29) is 16.4 Å². The molecule has 0 aliphatic carbocycles. The van der Waals surface area contributed by atoms with Crippen LogP contribution in [0.25, 0.3) is 10.1 Å². The molecule has 0 aliphatic rings. The summed E-state index contributed by atoms with van der Waals surface area (Å²) in [6.07, 6.45) is 0. The third-order valence-corrected chi connectivity index (χ3v) is 4.12. The number of aromatic nitrogens is 1. The Kier molecular flexibility index (Phi) is 4.73. The van der Waals surface area contributed by atoms with Gasteiger partial charge in [0.1, 0.15) is 0 Å². The van der Waals surface area contributed by atoms with Crippen LogP contribution in [0.5, 0.6) is 0 Å². The van der Waals surface area contributed by atoms with E-state index < -0.39 is 0 Å². The molecule has 5 heteroatoms. The fraction of sp³-hybridized carbons (Fsp3) is 0.467. The molecular weight excluding hydrogens is 272 g/mol. The van der Waals surface area contributed by atoms with Crippen molar-refractivity contribution < 1.29 is 0 Å². The SMILES string of the molecule is CC(CNC(C)C)Cn1c(=O)sc2ccccc2c1=O. The van der Waals surface area contributed by atoms with Crippen molar-refractivity contribution in [2.75, 3.05) is 6.54 Å². The molecule has 0 amide bonds. The van der Waals surface area contributed by atoms with Crippen molar-refractivity contribution in [3.8, 4) is 0 Å². The number of hydrogen-bond donors (Lipinski definition) is 1. The van der Waals surface area contributed by atoms with Crippen LogP contribution in [0, 0.1) is 5.92 Å². The summed E-state index contributed by atoms with van der Waals surface area (Å²) in [6, 6.07) is 7.67. The zero-order valence-electron chi connectivity index (χ0n) is 12.1. The predicted octanol–water partition coefficient (Wildman–Crippen LogP) is 2.06. The molecule has 0 spiro atoms. The van der Waals surface area contributed by atoms with E-state index in [1.807, 2.05) is 25.1 Å². The Morgan fingerprint density at radius 2 is 1.90 bits per heavy atom. The van der Waals surface area contributed by atoms with E-state index in [2.05, 4.69) is 19.2 Å². The first-order chi connectivity index (χ1) is 9.49. The maximum absolute atomic E-state index is 12.4. The van der Waals surface area contributed by atoms with Crippen molar-refractivity contribution >= 4 is 21.4 Å². The average Bonchev–Trinajstić information content (AvgIpc) is 2.41. The van der Waals surface area contributed by atoms with Gasteiger partial charge in [0.05, 0.1) is 5.39 Å². The van der Waals surface area contributed by atoms with Gasteiger partial charge in [-0.15, -0.1) is 0 Å². The van der Waals surface area contributed by atoms with Crippen LogP contribution in [0.2, 0.25) is 0 Å². The van der Waals surface area contributed by atoms with Crippen LogP contribution in [0.1, 0.15) is 20.8 Å². The second-order valence-electron chi connectivity index (χ2n) is 5.45. The van der Waals surface area contributed by atoms with Gasteiger partial charge in [-0.05, 0) is 24.6 Å². The minimum Gasteiger partial charge on any atom is -0.314 e. The maximum Gasteiger partial charge on any atom is 0.310 e. The first kappa shape index (κ1) is 14.9. The second kappa shape index (κ2) is 6.33. The summed E-state index contributed by atoms with van der Waals surface area (Å²) in [5.74, 6) is 0.233. The smallest absolute Gasteiger partial charge is 0.310 e. The Morgan fingerprint density at radius 3 is 2.60 bits per heavy atom. The predicted molar refractivity (Wildman–Crippen MR) is 84.7 cm³/mol. The first-order valence-electron chi connectivity index (χ1n) is 6.85. The molecule has 1 heterocycles. The second-order valence-corrected chi connectivity index (χ2v) is 6.44. The molecule has 1 atom stereocenters. The van der Waals surface area contributed by atoms with E-state index >= 15 is 0 Å². The Balaban J connectivity index is 2.30. The highest BCUT2D eigenvalue weighted by molar-refractivity contribution is 7.16. The molecule has 0 radical (unpaired) electrons. The number of rotatable bonds is 5. The summed E-state index contributed by atoms with van der Waals surface area (Å²) in [4.78, 5) is 24.3. The number of benzene rings is 1. The van der Waals surface area contributed by atoms with Crippen LogP contribution in [0.4, 0.5) is 0 Å². The fourth-order valence-electron chi connectivity index (χ4n) is 2.08. The molecule has 0 bridgehead atoms. The van der Waals surface area contributed by atoms with E-state index in [0.717, 1.165) is 22.6 Å². The fourth-order valence-corrected chi connectivity index (χ4v) is 2.95. The van der Waals surface area contributed by atoms with Gasteiger partial charge in [0, 0.05) is 17.3 Å². The van der Waals surface area contributed by atoms with Gasteiger partial charge in [0.15, 0.2) is 0 Å². The molecular formula is C15H20N2O2S. The van der Waals surface area contributed by atoms with Crippen molar-refractivity contribution in [1.29, 1.82) is 0 Å². The van der Waals surface area contributed by atoms with Gasteiger partial charge in [-0.25, -0.2) is 0 Å². The van der Waals surface area contributed by atoms with Crippen LogP contribution in [-0.2, 0) is 6.54 Å². The van der Waals surface area contributed by atoms with E-state index in [9.17, 15) is 9.59 Å². The summed E-state index contributed by atoms with van der Waals surface area (Å²) in [6.45, 7) is 7.45. The molecule has 20 heavy (non-hydrogen) atoms. The lowest BCUT2D eigenvalue weighted by Gasteiger charge is -2.15. The molecule has 4 nitrogen and oxygen atoms in total. The number of fused-ring (bicyclic) bond motifs is 1. The zero-order valence-corrected chi connectivity index (χ0v) is 12.9. The van der Waals surface area contributed by atoms with Gasteiger partial charge in [-0.2, -0.15) is 0 Å². The monoisotopic (exact) mass is 292 g/mol. The minimum atomic E-state index is -0.180. The molecule has 108 valence electrons. The van der Waals surface area contributed by atoms with Crippen molar-refractivity contribution in [3.05, 3.63) is 44.3 Å². The third kappa shape index (κ3) is 3.35. The quantitative estimate of drug-likeness (QED) is 0.917. The Hall–Kier alpha value is -1.46. The van der Waals surface area contributed by atoms with Crippen LogP contribution in [0.3, 0.4) is 0 Å². The highest BCUT2D eigenvalue weighted by Crippen LogP contribution is 2.11. The minimum absolute atomic E-state index is 0.176. The Bertz CT molecular complexity index is 703. The van der Waals surface area contributed by atoms with Crippen molar-refractivity contribution in [2.45, 2.75) is 33.4 Å². The topological polar surface area (TPSA) is 51.1 Å². The van der Waals surface area contributed by atoms with Gasteiger partial charge in [0.2, 0.25) is 0 Å². The summed E-state index contributed by atoms with van der Waals surface area (Å²) in [5.41, 5.74) is -0.180. The van der Waals surface area contributed by atoms with E-state index in [0.29, 0.717) is 18.0 Å². The maximum atomic E-state index is 12.4. The van der Waals surface area contributed by atoms with Crippen molar-refractivity contribution in [1.82, 2.24) is 9.88 Å². The third-order valence-electron chi connectivity index (χ3n) is 3.15. The van der Waals surface area contributed by atoms with Crippen LogP contribution in [-0.4, -0.2) is 17.2 Å². The Morgan fingerprint density at radius 1 is 1.20 bits per heavy atom. The van der Waals surface area contributed by atoms with Crippen LogP contribution < -0.4 is 15.7 Å². The summed E-state index contributed by atoms with van der Waals surface area (Å²) < 4.78 is 2.12. The van der Waals surface area contributed by atoms with Gasteiger partial charge in [0.25, 0.3) is 5.56 Å². The normalized spacial score (nSPS) is 13.0. The largest absolute Gasteiger partial charge is 0.314 e. The van der Waals surface area contributed by atoms with Crippen LogP contribution in [0.15, 0.2) is 33.9 Å². The first-order valence-corrected chi connectivity index (χ1v) is 7.66. The Labute approximate surface area is 122 Å². The highest BCUT2D eigenvalue weighted by atomic mass is 32.1. The van der Waals surface area contributed by atoms with Gasteiger partial charge >= 0.3 is 4.87 Å². The average molecular weight is 292 g/mol. The van der Waals surface area contributed by atoms with E-state index in [1.165, 1.54) is 4.57 Å². The van der Waals surface area contributed by atoms with Crippen molar-refractivity contribution in [3.63, 3.8) is 0 Å². The molecule has 0 saturated carbocycles. The molecule has 2 aromatic rings. The molecule has 0 saturated heterocycles. The lowest BCUT2D eigenvalue weighted by Crippen LogP contribution is -2.36. The molecule has 0 fully saturated rings. The molecule has 1 aromatic carbocycles. The van der Waals surface area contributed by atoms with E-state index in [1.54, 1.807) is 6.07 Å². The summed E-state index contributed by atoms with van der Waals surface area (Å²) in [5, 5.41) is 3.95. The lowest BCUT2D eigenvalue weighted by molar-refractivity contribution is 0.418. The standard InChI is InChI=1S/C15H20N2O2S/c1-10(2)16-8-11(3)9-17-14(18)12-6-4-5-7-13(12)20-15(17)19/h4-7,10-11,16H,8-9H2,1-3H3. The molecule has 1 unspecified atom stereocenters. The van der Waals surface area contributed by atoms with Gasteiger partial charge < -0.3 is 5.32 Å². The van der Waals surface area contributed by atoms with Gasteiger partial charge in [-0.3, -0.25) is 14.2 Å². The van der Waals surface area contributed by atoms with Gasteiger partial charge in [-0.1, -0.05) is 44.2 Å². The zero-order chi connectivity index (χ0) is 14.7. The molecule has 0 aliphatic heterocycles. The van der Waals surface area contributed by atoms with Crippen molar-refractivity contribution in [2.24, 2.45) is 5.92 Å².